The van der Waals surface area contributed by atoms with E-state index >= 15 is 0 Å². The van der Waals surface area contributed by atoms with E-state index < -0.39 is 0 Å². The molecule has 0 aromatic heterocycles. The molecule has 1 atom stereocenters. The summed E-state index contributed by atoms with van der Waals surface area (Å²) in [4.78, 5) is 11.9. The molecule has 0 radical (unpaired) electrons. The van der Waals surface area contributed by atoms with Crippen molar-refractivity contribution in [1.82, 2.24) is 5.32 Å². The number of carbonyl (C=O) groups excluding carboxylic acids is 1. The van der Waals surface area contributed by atoms with E-state index in [4.69, 9.17) is 15.2 Å². The average molecular weight is 266 g/mol. The van der Waals surface area contributed by atoms with Crippen molar-refractivity contribution in [2.75, 3.05) is 27.4 Å². The third-order valence-corrected chi connectivity index (χ3v) is 2.75. The van der Waals surface area contributed by atoms with E-state index in [1.165, 1.54) is 0 Å². The van der Waals surface area contributed by atoms with Crippen molar-refractivity contribution in [3.63, 3.8) is 0 Å². The number of methoxy groups -OCH3 is 2. The van der Waals surface area contributed by atoms with Gasteiger partial charge in [0.25, 0.3) is 0 Å². The van der Waals surface area contributed by atoms with Gasteiger partial charge in [-0.1, -0.05) is 12.1 Å². The zero-order valence-corrected chi connectivity index (χ0v) is 11.5. The summed E-state index contributed by atoms with van der Waals surface area (Å²) in [5, 5.41) is 2.92. The lowest BCUT2D eigenvalue weighted by molar-refractivity contribution is -0.121. The molecule has 0 saturated heterocycles. The number of benzene rings is 1. The molecule has 0 saturated carbocycles. The molecule has 106 valence electrons. The number of amides is 1. The Bertz CT molecular complexity index is 390. The predicted octanol–water partition coefficient (Wildman–Crippen LogP) is 0.718. The lowest BCUT2D eigenvalue weighted by Crippen LogP contribution is -2.40. The van der Waals surface area contributed by atoms with Crippen LogP contribution >= 0.6 is 0 Å². The summed E-state index contributed by atoms with van der Waals surface area (Å²) in [7, 11) is 3.22. The Labute approximate surface area is 114 Å². The van der Waals surface area contributed by atoms with Crippen LogP contribution in [0.25, 0.3) is 0 Å². The number of ether oxygens (including phenoxy) is 2. The third kappa shape index (κ3) is 5.72. The molecule has 0 aliphatic carbocycles. The molecule has 1 rings (SSSR count). The van der Waals surface area contributed by atoms with Crippen molar-refractivity contribution in [3.8, 4) is 5.75 Å². The van der Waals surface area contributed by atoms with Crippen LogP contribution in [-0.4, -0.2) is 39.3 Å². The quantitative estimate of drug-likeness (QED) is 0.727. The highest BCUT2D eigenvalue weighted by atomic mass is 16.5. The van der Waals surface area contributed by atoms with Gasteiger partial charge in [0.1, 0.15) is 5.75 Å². The molecular formula is C14H22N2O3. The van der Waals surface area contributed by atoms with Gasteiger partial charge in [-0.15, -0.1) is 0 Å². The molecule has 3 N–H and O–H groups in total. The van der Waals surface area contributed by atoms with Crippen molar-refractivity contribution in [2.45, 2.75) is 18.9 Å². The SMILES string of the molecule is COCC(CCN)NC(=O)Cc1cccc(OC)c1. The van der Waals surface area contributed by atoms with E-state index in [0.29, 0.717) is 26.0 Å². The van der Waals surface area contributed by atoms with Gasteiger partial charge in [-0.05, 0) is 30.7 Å². The molecule has 19 heavy (non-hydrogen) atoms. The summed E-state index contributed by atoms with van der Waals surface area (Å²) in [6.45, 7) is 0.995. The van der Waals surface area contributed by atoms with Crippen LogP contribution in [0.4, 0.5) is 0 Å². The Balaban J connectivity index is 2.53. The van der Waals surface area contributed by atoms with E-state index in [1.807, 2.05) is 24.3 Å². The van der Waals surface area contributed by atoms with E-state index in [1.54, 1.807) is 14.2 Å². The Morgan fingerprint density at radius 2 is 2.21 bits per heavy atom. The fourth-order valence-corrected chi connectivity index (χ4v) is 1.85. The lowest BCUT2D eigenvalue weighted by Gasteiger charge is -2.17. The topological polar surface area (TPSA) is 73.6 Å². The van der Waals surface area contributed by atoms with E-state index in [-0.39, 0.29) is 11.9 Å². The maximum Gasteiger partial charge on any atom is 0.224 e. The standard InChI is InChI=1S/C14H22N2O3/c1-18-10-12(6-7-15)16-14(17)9-11-4-3-5-13(8-11)19-2/h3-5,8,12H,6-7,9-10,15H2,1-2H3,(H,16,17). The zero-order valence-electron chi connectivity index (χ0n) is 11.5. The number of hydrogen-bond acceptors (Lipinski definition) is 4. The molecule has 0 aliphatic rings. The summed E-state index contributed by atoms with van der Waals surface area (Å²) in [5.74, 6) is 0.712. The average Bonchev–Trinajstić information content (AvgIpc) is 2.39. The highest BCUT2D eigenvalue weighted by molar-refractivity contribution is 5.79. The molecule has 0 heterocycles. The highest BCUT2D eigenvalue weighted by Gasteiger charge is 2.12. The first kappa shape index (κ1) is 15.5. The van der Waals surface area contributed by atoms with Gasteiger partial charge in [-0.25, -0.2) is 0 Å². The molecule has 0 aliphatic heterocycles. The van der Waals surface area contributed by atoms with Gasteiger partial charge in [0.15, 0.2) is 0 Å². The van der Waals surface area contributed by atoms with E-state index in [9.17, 15) is 4.79 Å². The smallest absolute Gasteiger partial charge is 0.224 e. The highest BCUT2D eigenvalue weighted by Crippen LogP contribution is 2.12. The van der Waals surface area contributed by atoms with Gasteiger partial charge in [0.05, 0.1) is 26.2 Å². The van der Waals surface area contributed by atoms with Crippen molar-refractivity contribution >= 4 is 5.91 Å². The molecule has 5 nitrogen and oxygen atoms in total. The van der Waals surface area contributed by atoms with Crippen LogP contribution in [0.3, 0.4) is 0 Å². The normalized spacial score (nSPS) is 11.9. The van der Waals surface area contributed by atoms with Crippen molar-refractivity contribution in [3.05, 3.63) is 29.8 Å². The van der Waals surface area contributed by atoms with Gasteiger partial charge in [0.2, 0.25) is 5.91 Å². The molecule has 5 heteroatoms. The van der Waals surface area contributed by atoms with E-state index in [2.05, 4.69) is 5.32 Å². The molecule has 1 aromatic carbocycles. The molecule has 0 bridgehead atoms. The van der Waals surface area contributed by atoms with Gasteiger partial charge in [-0.3, -0.25) is 4.79 Å². The minimum absolute atomic E-state index is 0.0342. The van der Waals surface area contributed by atoms with Crippen LogP contribution in [0.5, 0.6) is 5.75 Å². The van der Waals surface area contributed by atoms with Crippen LogP contribution < -0.4 is 15.8 Å². The summed E-state index contributed by atoms with van der Waals surface area (Å²) < 4.78 is 10.2. The zero-order chi connectivity index (χ0) is 14.1. The summed E-state index contributed by atoms with van der Waals surface area (Å²) >= 11 is 0. The molecule has 1 unspecified atom stereocenters. The third-order valence-electron chi connectivity index (χ3n) is 2.75. The van der Waals surface area contributed by atoms with E-state index in [0.717, 1.165) is 11.3 Å². The van der Waals surface area contributed by atoms with Crippen LogP contribution in [-0.2, 0) is 16.0 Å². The maximum absolute atomic E-state index is 11.9. The maximum atomic E-state index is 11.9. The summed E-state index contributed by atoms with van der Waals surface area (Å²) in [5.41, 5.74) is 6.42. The van der Waals surface area contributed by atoms with Gasteiger partial charge < -0.3 is 20.5 Å². The fraction of sp³-hybridized carbons (Fsp3) is 0.500. The second-order valence-electron chi connectivity index (χ2n) is 4.33. The van der Waals surface area contributed by atoms with Gasteiger partial charge in [0, 0.05) is 7.11 Å². The number of carbonyl (C=O) groups is 1. The van der Waals surface area contributed by atoms with Crippen molar-refractivity contribution in [1.29, 1.82) is 0 Å². The lowest BCUT2D eigenvalue weighted by atomic mass is 10.1. The van der Waals surface area contributed by atoms with Crippen molar-refractivity contribution < 1.29 is 14.3 Å². The number of nitrogens with one attached hydrogen (secondary N) is 1. The largest absolute Gasteiger partial charge is 0.497 e. The van der Waals surface area contributed by atoms with Crippen LogP contribution in [0.1, 0.15) is 12.0 Å². The Morgan fingerprint density at radius 1 is 1.42 bits per heavy atom. The number of rotatable bonds is 8. The minimum atomic E-state index is -0.0382. The van der Waals surface area contributed by atoms with Crippen LogP contribution in [0.15, 0.2) is 24.3 Å². The molecule has 1 amide bonds. The second-order valence-corrected chi connectivity index (χ2v) is 4.33. The van der Waals surface area contributed by atoms with Crippen molar-refractivity contribution in [2.24, 2.45) is 5.73 Å². The van der Waals surface area contributed by atoms with Gasteiger partial charge in [-0.2, -0.15) is 0 Å². The summed E-state index contributed by atoms with van der Waals surface area (Å²) in [6.07, 6.45) is 1.03. The Morgan fingerprint density at radius 3 is 2.84 bits per heavy atom. The van der Waals surface area contributed by atoms with Crippen LogP contribution in [0, 0.1) is 0 Å². The first-order valence-corrected chi connectivity index (χ1v) is 6.31. The fourth-order valence-electron chi connectivity index (χ4n) is 1.85. The Kier molecular flexibility index (Phi) is 6.92. The van der Waals surface area contributed by atoms with Gasteiger partial charge >= 0.3 is 0 Å². The minimum Gasteiger partial charge on any atom is -0.497 e. The Hall–Kier alpha value is -1.59. The number of nitrogens with two attached hydrogens (primary N) is 1. The molecule has 0 spiro atoms. The van der Waals surface area contributed by atoms with Crippen LogP contribution in [0.2, 0.25) is 0 Å². The molecular weight excluding hydrogens is 244 g/mol. The monoisotopic (exact) mass is 266 g/mol. The first-order valence-electron chi connectivity index (χ1n) is 6.31. The molecule has 0 fully saturated rings. The second kappa shape index (κ2) is 8.50. The number of hydrogen-bond donors (Lipinski definition) is 2. The summed E-state index contributed by atoms with van der Waals surface area (Å²) in [6, 6.07) is 7.44. The predicted molar refractivity (Wildman–Crippen MR) is 74.2 cm³/mol. The molecule has 1 aromatic rings. The first-order chi connectivity index (χ1) is 9.19.